The largest absolute Gasteiger partial charge is 0.456 e. The first-order valence-corrected chi connectivity index (χ1v) is 10.1. The van der Waals surface area contributed by atoms with Crippen molar-refractivity contribution in [1.29, 1.82) is 0 Å². The Balaban J connectivity index is 1.74. The lowest BCUT2D eigenvalue weighted by molar-refractivity contribution is -0.141. The molecule has 0 radical (unpaired) electrons. The van der Waals surface area contributed by atoms with E-state index in [4.69, 9.17) is 4.74 Å². The smallest absolute Gasteiger partial charge is 0.325 e. The van der Waals surface area contributed by atoms with Gasteiger partial charge in [-0.1, -0.05) is 41.5 Å². The molecule has 7 heteroatoms. The molecular weight excluding hydrogens is 396 g/mol. The van der Waals surface area contributed by atoms with Gasteiger partial charge in [0.2, 0.25) is 5.91 Å². The second-order valence-corrected chi connectivity index (χ2v) is 7.43. The molecule has 2 aromatic rings. The van der Waals surface area contributed by atoms with Crippen LogP contribution in [0.15, 0.2) is 42.5 Å². The summed E-state index contributed by atoms with van der Waals surface area (Å²) in [6, 6.07) is 12.5. The van der Waals surface area contributed by atoms with Crippen LogP contribution in [0.1, 0.15) is 50.8 Å². The van der Waals surface area contributed by atoms with Gasteiger partial charge in [-0.25, -0.2) is 0 Å². The minimum absolute atomic E-state index is 0.0553. The second-order valence-electron chi connectivity index (χ2n) is 7.43. The van der Waals surface area contributed by atoms with Crippen LogP contribution < -0.4 is 10.6 Å². The van der Waals surface area contributed by atoms with Crippen LogP contribution in [0.5, 0.6) is 0 Å². The molecule has 7 nitrogen and oxygen atoms in total. The van der Waals surface area contributed by atoms with Crippen molar-refractivity contribution in [3.05, 3.63) is 70.3 Å². The maximum Gasteiger partial charge on any atom is 0.325 e. The average molecular weight is 424 g/mol. The molecular formula is C24H28N2O5. The molecule has 31 heavy (non-hydrogen) atoms. The molecule has 2 rings (SSSR count). The Morgan fingerprint density at radius 2 is 1.52 bits per heavy atom. The Morgan fingerprint density at radius 1 is 0.871 bits per heavy atom. The molecule has 0 bridgehead atoms. The molecule has 0 saturated carbocycles. The van der Waals surface area contributed by atoms with Crippen LogP contribution in [-0.2, 0) is 20.7 Å². The fourth-order valence-electron chi connectivity index (χ4n) is 3.05. The molecule has 0 saturated heterocycles. The number of carbonyl (C=O) groups excluding carboxylic acids is 4. The topological polar surface area (TPSA) is 102 Å². The van der Waals surface area contributed by atoms with Crippen molar-refractivity contribution >= 4 is 23.6 Å². The number of hydrogen-bond acceptors (Lipinski definition) is 5. The van der Waals surface area contributed by atoms with E-state index in [0.717, 1.165) is 29.5 Å². The maximum atomic E-state index is 12.2. The fourth-order valence-corrected chi connectivity index (χ4v) is 3.05. The lowest BCUT2D eigenvalue weighted by Gasteiger charge is -2.08. The van der Waals surface area contributed by atoms with Crippen LogP contribution in [0.25, 0.3) is 0 Å². The maximum absolute atomic E-state index is 12.2. The molecule has 2 amide bonds. The van der Waals surface area contributed by atoms with Gasteiger partial charge in [0.1, 0.15) is 6.54 Å². The molecule has 0 heterocycles. The third-order valence-electron chi connectivity index (χ3n) is 4.53. The normalized spacial score (nSPS) is 10.3. The summed E-state index contributed by atoms with van der Waals surface area (Å²) in [4.78, 5) is 47.1. The quantitative estimate of drug-likeness (QED) is 0.347. The average Bonchev–Trinajstić information content (AvgIpc) is 2.73. The van der Waals surface area contributed by atoms with Gasteiger partial charge in [-0.15, -0.1) is 0 Å². The summed E-state index contributed by atoms with van der Waals surface area (Å²) in [5.41, 5.74) is 3.87. The fraction of sp³-hybridized carbons (Fsp3) is 0.333. The number of Topliss-reactive ketones (excluding diaryl/α,β-unsaturated/α-hetero) is 1. The second kappa shape index (κ2) is 11.6. The number of amides is 2. The van der Waals surface area contributed by atoms with E-state index < -0.39 is 5.97 Å². The molecule has 0 aliphatic heterocycles. The van der Waals surface area contributed by atoms with Crippen LogP contribution in [0.2, 0.25) is 0 Å². The van der Waals surface area contributed by atoms with Crippen LogP contribution >= 0.6 is 0 Å². The van der Waals surface area contributed by atoms with Gasteiger partial charge in [0.25, 0.3) is 5.91 Å². The van der Waals surface area contributed by atoms with Crippen molar-refractivity contribution in [3.63, 3.8) is 0 Å². The Bertz CT molecular complexity index is 931. The SMILES string of the molecule is CC(=O)NCCCc1ccc(C(=O)COC(=O)CNC(=O)c2cc(C)cc(C)c2)cc1. The first-order valence-electron chi connectivity index (χ1n) is 10.1. The van der Waals surface area contributed by atoms with Gasteiger partial charge >= 0.3 is 5.97 Å². The lowest BCUT2D eigenvalue weighted by Crippen LogP contribution is -2.31. The van der Waals surface area contributed by atoms with Gasteiger partial charge in [0.05, 0.1) is 0 Å². The van der Waals surface area contributed by atoms with E-state index in [-0.39, 0.29) is 30.7 Å². The molecule has 2 aromatic carbocycles. The molecule has 0 aliphatic carbocycles. The van der Waals surface area contributed by atoms with Crippen molar-refractivity contribution in [2.45, 2.75) is 33.6 Å². The summed E-state index contributed by atoms with van der Waals surface area (Å²) in [6.45, 7) is 5.16. The highest BCUT2D eigenvalue weighted by atomic mass is 16.5. The number of aryl methyl sites for hydroxylation is 3. The summed E-state index contributed by atoms with van der Waals surface area (Å²) in [5.74, 6) is -1.43. The number of benzene rings is 2. The third-order valence-corrected chi connectivity index (χ3v) is 4.53. The number of ketones is 1. The number of ether oxygens (including phenoxy) is 1. The van der Waals surface area contributed by atoms with Gasteiger partial charge in [0.15, 0.2) is 12.4 Å². The highest BCUT2D eigenvalue weighted by Gasteiger charge is 2.12. The summed E-state index contributed by atoms with van der Waals surface area (Å²) < 4.78 is 4.98. The lowest BCUT2D eigenvalue weighted by atomic mass is 10.1. The van der Waals surface area contributed by atoms with Gasteiger partial charge in [0, 0.05) is 24.6 Å². The number of nitrogens with one attached hydrogen (secondary N) is 2. The van der Waals surface area contributed by atoms with Crippen molar-refractivity contribution in [1.82, 2.24) is 10.6 Å². The Labute approximate surface area is 182 Å². The molecule has 0 spiro atoms. The highest BCUT2D eigenvalue weighted by molar-refractivity contribution is 5.99. The van der Waals surface area contributed by atoms with Crippen molar-refractivity contribution in [2.24, 2.45) is 0 Å². The molecule has 0 aliphatic rings. The summed E-state index contributed by atoms with van der Waals surface area (Å²) in [6.07, 6.45) is 1.59. The van der Waals surface area contributed by atoms with E-state index in [1.165, 1.54) is 6.92 Å². The zero-order valence-corrected chi connectivity index (χ0v) is 18.1. The summed E-state index contributed by atoms with van der Waals surface area (Å²) in [5, 5.41) is 5.24. The van der Waals surface area contributed by atoms with Gasteiger partial charge < -0.3 is 15.4 Å². The predicted octanol–water partition coefficient (Wildman–Crippen LogP) is 2.53. The van der Waals surface area contributed by atoms with Crippen LogP contribution in [0, 0.1) is 13.8 Å². The molecule has 0 unspecified atom stereocenters. The van der Waals surface area contributed by atoms with E-state index in [9.17, 15) is 19.2 Å². The minimum Gasteiger partial charge on any atom is -0.456 e. The monoisotopic (exact) mass is 424 g/mol. The molecule has 164 valence electrons. The highest BCUT2D eigenvalue weighted by Crippen LogP contribution is 2.09. The number of carbonyl (C=O) groups is 4. The zero-order valence-electron chi connectivity index (χ0n) is 18.1. The first kappa shape index (κ1) is 23.8. The van der Waals surface area contributed by atoms with Crippen LogP contribution in [0.4, 0.5) is 0 Å². The van der Waals surface area contributed by atoms with E-state index >= 15 is 0 Å². The van der Waals surface area contributed by atoms with Crippen molar-refractivity contribution < 1.29 is 23.9 Å². The van der Waals surface area contributed by atoms with Crippen molar-refractivity contribution in [2.75, 3.05) is 19.7 Å². The van der Waals surface area contributed by atoms with Gasteiger partial charge in [-0.3, -0.25) is 19.2 Å². The van der Waals surface area contributed by atoms with E-state index in [2.05, 4.69) is 10.6 Å². The van der Waals surface area contributed by atoms with E-state index in [1.807, 2.05) is 32.0 Å². The number of rotatable bonds is 10. The molecule has 0 aromatic heterocycles. The van der Waals surface area contributed by atoms with E-state index in [1.54, 1.807) is 24.3 Å². The molecule has 0 atom stereocenters. The zero-order chi connectivity index (χ0) is 22.8. The third kappa shape index (κ3) is 8.42. The number of hydrogen-bond donors (Lipinski definition) is 2. The van der Waals surface area contributed by atoms with Gasteiger partial charge in [-0.05, 0) is 44.4 Å². The summed E-state index contributed by atoms with van der Waals surface area (Å²) in [7, 11) is 0. The van der Waals surface area contributed by atoms with Crippen molar-refractivity contribution in [3.8, 4) is 0 Å². The Morgan fingerprint density at radius 3 is 2.13 bits per heavy atom. The molecule has 2 N–H and O–H groups in total. The minimum atomic E-state index is -0.680. The first-order chi connectivity index (χ1) is 14.7. The predicted molar refractivity (Wildman–Crippen MR) is 117 cm³/mol. The Hall–Kier alpha value is -3.48. The molecule has 0 fully saturated rings. The Kier molecular flexibility index (Phi) is 8.94. The van der Waals surface area contributed by atoms with Crippen LogP contribution in [0.3, 0.4) is 0 Å². The van der Waals surface area contributed by atoms with Gasteiger partial charge in [-0.2, -0.15) is 0 Å². The van der Waals surface area contributed by atoms with E-state index in [0.29, 0.717) is 17.7 Å². The summed E-state index contributed by atoms with van der Waals surface area (Å²) >= 11 is 0. The number of esters is 1. The van der Waals surface area contributed by atoms with Crippen LogP contribution in [-0.4, -0.2) is 43.3 Å². The standard InChI is InChI=1S/C24H28N2O5/c1-16-11-17(2)13-21(12-16)24(30)26-14-23(29)31-15-22(28)20-8-6-19(7-9-20)5-4-10-25-18(3)27/h6-9,11-13H,4-5,10,14-15H2,1-3H3,(H,25,27)(H,26,30).